The Hall–Kier alpha value is -1.59. The van der Waals surface area contributed by atoms with Crippen molar-refractivity contribution < 1.29 is 4.79 Å². The molecule has 4 rings (SSSR count). The van der Waals surface area contributed by atoms with Crippen molar-refractivity contribution in [2.24, 2.45) is 11.8 Å². The second-order valence-electron chi connectivity index (χ2n) is 9.58. The zero-order valence-corrected chi connectivity index (χ0v) is 18.7. The lowest BCUT2D eigenvalue weighted by Crippen LogP contribution is -2.46. The molecule has 160 valence electrons. The van der Waals surface area contributed by atoms with Crippen LogP contribution in [-0.4, -0.2) is 85.0 Å². The second-order valence-corrected chi connectivity index (χ2v) is 9.58. The van der Waals surface area contributed by atoms with Gasteiger partial charge in [0.25, 0.3) is 0 Å². The van der Waals surface area contributed by atoms with Gasteiger partial charge in [0.1, 0.15) is 0 Å². The quantitative estimate of drug-likeness (QED) is 0.778. The van der Waals surface area contributed by atoms with Gasteiger partial charge in [-0.15, -0.1) is 0 Å². The van der Waals surface area contributed by atoms with Crippen molar-refractivity contribution in [3.05, 3.63) is 35.4 Å². The minimum atomic E-state index is 0.159. The minimum Gasteiger partial charge on any atom is -0.331 e. The lowest BCUT2D eigenvalue weighted by atomic mass is 9.87. The third kappa shape index (κ3) is 4.04. The highest BCUT2D eigenvalue weighted by Gasteiger charge is 2.50. The summed E-state index contributed by atoms with van der Waals surface area (Å²) in [6.45, 7) is 11.4. The van der Waals surface area contributed by atoms with Crippen molar-refractivity contribution in [1.29, 1.82) is 0 Å². The molecule has 0 N–H and O–H groups in total. The fraction of sp³-hybridized carbons (Fsp3) is 0.708. The number of carbonyl (C=O) groups excluding carboxylic acids is 1. The third-order valence-electron chi connectivity index (χ3n) is 7.44. The maximum Gasteiger partial charge on any atom is 0.320 e. The van der Waals surface area contributed by atoms with Gasteiger partial charge in [0.2, 0.25) is 0 Å². The van der Waals surface area contributed by atoms with Crippen LogP contribution in [0.15, 0.2) is 24.3 Å². The van der Waals surface area contributed by atoms with E-state index in [2.05, 4.69) is 52.8 Å². The van der Waals surface area contributed by atoms with Gasteiger partial charge in [-0.2, -0.15) is 0 Å². The number of aryl methyl sites for hydroxylation is 1. The van der Waals surface area contributed by atoms with E-state index in [-0.39, 0.29) is 12.1 Å². The molecule has 5 heteroatoms. The van der Waals surface area contributed by atoms with Crippen molar-refractivity contribution in [2.75, 3.05) is 53.4 Å². The normalized spacial score (nSPS) is 28.7. The lowest BCUT2D eigenvalue weighted by molar-refractivity contribution is 0.108. The topological polar surface area (TPSA) is 30.0 Å². The first-order chi connectivity index (χ1) is 14.0. The molecule has 0 aliphatic carbocycles. The fourth-order valence-electron chi connectivity index (χ4n) is 5.97. The number of amides is 2. The fourth-order valence-corrected chi connectivity index (χ4v) is 5.97. The second kappa shape index (κ2) is 8.65. The van der Waals surface area contributed by atoms with Crippen molar-refractivity contribution in [2.45, 2.75) is 45.2 Å². The average molecular weight is 399 g/mol. The Labute approximate surface area is 176 Å². The Bertz CT molecular complexity index is 713. The first kappa shape index (κ1) is 20.7. The number of fused-ring (bicyclic) bond motifs is 1. The Morgan fingerprint density at radius 3 is 2.48 bits per heavy atom. The summed E-state index contributed by atoms with van der Waals surface area (Å²) in [6.07, 6.45) is 3.86. The number of benzene rings is 1. The van der Waals surface area contributed by atoms with Crippen molar-refractivity contribution in [3.8, 4) is 0 Å². The van der Waals surface area contributed by atoms with E-state index in [1.165, 1.54) is 50.0 Å². The highest BCUT2D eigenvalue weighted by atomic mass is 16.2. The van der Waals surface area contributed by atoms with Gasteiger partial charge in [0.05, 0.1) is 6.04 Å². The van der Waals surface area contributed by atoms with Crippen LogP contribution >= 0.6 is 0 Å². The standard InChI is InChI=1S/C24H38N4O/c1-5-12-26-13-10-20(11-14-26)27-15-19-16-28(24(29)25(3)4)23(22(19)17-27)21-9-7-6-8-18(21)2/h6-9,19-20,22-23H,5,10-17H2,1-4H3/t19-,22-,23+/m1/s1. The Kier molecular flexibility index (Phi) is 6.16. The molecular formula is C24H38N4O. The number of piperidine rings is 1. The van der Waals surface area contributed by atoms with Gasteiger partial charge in [-0.1, -0.05) is 31.2 Å². The molecule has 0 bridgehead atoms. The van der Waals surface area contributed by atoms with Crippen LogP contribution in [0, 0.1) is 18.8 Å². The molecule has 1 aromatic rings. The van der Waals surface area contributed by atoms with E-state index >= 15 is 0 Å². The number of carbonyl (C=O) groups is 1. The first-order valence-corrected chi connectivity index (χ1v) is 11.5. The zero-order chi connectivity index (χ0) is 20.5. The summed E-state index contributed by atoms with van der Waals surface area (Å²) in [5.74, 6) is 1.14. The van der Waals surface area contributed by atoms with E-state index in [4.69, 9.17) is 0 Å². The molecule has 3 atom stereocenters. The van der Waals surface area contributed by atoms with Crippen LogP contribution in [-0.2, 0) is 0 Å². The average Bonchev–Trinajstić information content (AvgIpc) is 3.27. The Balaban J connectivity index is 1.51. The van der Waals surface area contributed by atoms with Crippen molar-refractivity contribution in [1.82, 2.24) is 19.6 Å². The minimum absolute atomic E-state index is 0.159. The summed E-state index contributed by atoms with van der Waals surface area (Å²) in [5, 5.41) is 0. The van der Waals surface area contributed by atoms with Crippen LogP contribution < -0.4 is 0 Å². The number of likely N-dealkylation sites (tertiary alicyclic amines) is 3. The summed E-state index contributed by atoms with van der Waals surface area (Å²) in [6, 6.07) is 9.76. The summed E-state index contributed by atoms with van der Waals surface area (Å²) in [7, 11) is 3.75. The van der Waals surface area contributed by atoms with E-state index in [1.807, 2.05) is 14.1 Å². The molecule has 3 saturated heterocycles. The van der Waals surface area contributed by atoms with Gasteiger partial charge in [0, 0.05) is 45.7 Å². The smallest absolute Gasteiger partial charge is 0.320 e. The molecular weight excluding hydrogens is 360 g/mol. The maximum absolute atomic E-state index is 13.0. The monoisotopic (exact) mass is 398 g/mol. The van der Waals surface area contributed by atoms with Crippen molar-refractivity contribution >= 4 is 6.03 Å². The molecule has 3 heterocycles. The number of rotatable bonds is 4. The summed E-state index contributed by atoms with van der Waals surface area (Å²) < 4.78 is 0. The molecule has 0 radical (unpaired) electrons. The molecule has 0 aromatic heterocycles. The van der Waals surface area contributed by atoms with Gasteiger partial charge in [-0.05, 0) is 62.9 Å². The zero-order valence-electron chi connectivity index (χ0n) is 18.7. The van der Waals surface area contributed by atoms with Gasteiger partial charge in [-0.3, -0.25) is 4.90 Å². The van der Waals surface area contributed by atoms with Crippen molar-refractivity contribution in [3.63, 3.8) is 0 Å². The van der Waals surface area contributed by atoms with Crippen LogP contribution in [0.1, 0.15) is 43.4 Å². The van der Waals surface area contributed by atoms with Gasteiger partial charge in [0.15, 0.2) is 0 Å². The molecule has 0 saturated carbocycles. The largest absolute Gasteiger partial charge is 0.331 e. The molecule has 3 aliphatic heterocycles. The lowest BCUT2D eigenvalue weighted by Gasteiger charge is -2.38. The highest BCUT2D eigenvalue weighted by Crippen LogP contribution is 2.47. The summed E-state index contributed by atoms with van der Waals surface area (Å²) in [4.78, 5) is 22.3. The van der Waals surface area contributed by atoms with Crippen LogP contribution in [0.25, 0.3) is 0 Å². The highest BCUT2D eigenvalue weighted by molar-refractivity contribution is 5.75. The summed E-state index contributed by atoms with van der Waals surface area (Å²) in [5.41, 5.74) is 2.65. The predicted molar refractivity (Wildman–Crippen MR) is 118 cm³/mol. The summed E-state index contributed by atoms with van der Waals surface area (Å²) >= 11 is 0. The van der Waals surface area contributed by atoms with E-state index in [9.17, 15) is 4.79 Å². The molecule has 0 spiro atoms. The van der Waals surface area contributed by atoms with E-state index < -0.39 is 0 Å². The van der Waals surface area contributed by atoms with E-state index in [1.54, 1.807) is 4.90 Å². The van der Waals surface area contributed by atoms with Crippen LogP contribution in [0.4, 0.5) is 4.79 Å². The molecule has 3 aliphatic rings. The number of hydrogen-bond donors (Lipinski definition) is 0. The molecule has 2 amide bonds. The number of hydrogen-bond acceptors (Lipinski definition) is 3. The molecule has 29 heavy (non-hydrogen) atoms. The number of nitrogens with zero attached hydrogens (tertiary/aromatic N) is 4. The first-order valence-electron chi connectivity index (χ1n) is 11.5. The van der Waals surface area contributed by atoms with Crippen LogP contribution in [0.2, 0.25) is 0 Å². The maximum atomic E-state index is 13.0. The van der Waals surface area contributed by atoms with E-state index in [0.29, 0.717) is 11.8 Å². The molecule has 5 nitrogen and oxygen atoms in total. The third-order valence-corrected chi connectivity index (χ3v) is 7.44. The van der Waals surface area contributed by atoms with E-state index in [0.717, 1.165) is 25.7 Å². The molecule has 3 fully saturated rings. The molecule has 0 unspecified atom stereocenters. The Morgan fingerprint density at radius 1 is 1.10 bits per heavy atom. The van der Waals surface area contributed by atoms with Gasteiger partial charge >= 0.3 is 6.03 Å². The predicted octanol–water partition coefficient (Wildman–Crippen LogP) is 3.46. The van der Waals surface area contributed by atoms with Crippen LogP contribution in [0.5, 0.6) is 0 Å². The van der Waals surface area contributed by atoms with Gasteiger partial charge in [-0.25, -0.2) is 4.79 Å². The SMILES string of the molecule is CCCN1CCC(N2C[C@@H]3CN(C(=O)N(C)C)[C@@H](c4ccccc4C)[C@@H]3C2)CC1. The van der Waals surface area contributed by atoms with Crippen LogP contribution in [0.3, 0.4) is 0 Å². The Morgan fingerprint density at radius 2 is 1.83 bits per heavy atom. The molecule has 1 aromatic carbocycles. The van der Waals surface area contributed by atoms with Gasteiger partial charge < -0.3 is 14.7 Å². The number of urea groups is 1.